The molecule has 6 heteroatoms. The van der Waals surface area contributed by atoms with E-state index in [0.29, 0.717) is 0 Å². The number of nitrogens with zero attached hydrogens (tertiary/aromatic N) is 2. The zero-order chi connectivity index (χ0) is 14.7. The van der Waals surface area contributed by atoms with E-state index >= 15 is 0 Å². The highest BCUT2D eigenvalue weighted by Gasteiger charge is 2.22. The lowest BCUT2D eigenvalue weighted by atomic mass is 10.0. The first kappa shape index (κ1) is 15.5. The van der Waals surface area contributed by atoms with Crippen molar-refractivity contribution < 1.29 is 4.74 Å². The van der Waals surface area contributed by atoms with E-state index in [4.69, 9.17) is 4.74 Å². The number of rotatable bonds is 5. The molecule has 0 radical (unpaired) electrons. The summed E-state index contributed by atoms with van der Waals surface area (Å²) in [7, 11) is 3.61. The lowest BCUT2D eigenvalue weighted by Crippen LogP contribution is -2.22. The van der Waals surface area contributed by atoms with E-state index in [2.05, 4.69) is 61.3 Å². The van der Waals surface area contributed by atoms with Crippen LogP contribution in [0.5, 0.6) is 5.75 Å². The normalized spacial score (nSPS) is 12.4. The van der Waals surface area contributed by atoms with Crippen molar-refractivity contribution in [3.8, 4) is 5.75 Å². The summed E-state index contributed by atoms with van der Waals surface area (Å²) in [6.45, 7) is 2.87. The molecule has 20 heavy (non-hydrogen) atoms. The molecule has 2 aromatic rings. The molecule has 0 aliphatic carbocycles. The van der Waals surface area contributed by atoms with Gasteiger partial charge in [-0.1, -0.05) is 31.9 Å². The smallest absolute Gasteiger partial charge is 0.161 e. The van der Waals surface area contributed by atoms with Crippen LogP contribution in [-0.2, 0) is 6.54 Å². The minimum atomic E-state index is 0.0150. The highest BCUT2D eigenvalue weighted by Crippen LogP contribution is 2.32. The third-order valence-electron chi connectivity index (χ3n) is 3.14. The SMILES string of the molecule is CCn1ncc(OC)c1C(NC)c1cc(Br)cc(Br)c1. The summed E-state index contributed by atoms with van der Waals surface area (Å²) >= 11 is 7.07. The highest BCUT2D eigenvalue weighted by molar-refractivity contribution is 9.11. The van der Waals surface area contributed by atoms with Gasteiger partial charge in [0, 0.05) is 15.5 Å². The maximum atomic E-state index is 5.45. The largest absolute Gasteiger partial charge is 0.493 e. The summed E-state index contributed by atoms with van der Waals surface area (Å²) in [5.41, 5.74) is 2.17. The summed E-state index contributed by atoms with van der Waals surface area (Å²) in [6, 6.07) is 6.22. The van der Waals surface area contributed by atoms with E-state index in [9.17, 15) is 0 Å². The molecule has 0 saturated heterocycles. The molecule has 2 rings (SSSR count). The Balaban J connectivity index is 2.54. The summed E-state index contributed by atoms with van der Waals surface area (Å²) in [6.07, 6.45) is 1.76. The summed E-state index contributed by atoms with van der Waals surface area (Å²) in [5, 5.41) is 7.72. The van der Waals surface area contributed by atoms with Crippen LogP contribution < -0.4 is 10.1 Å². The van der Waals surface area contributed by atoms with Gasteiger partial charge in [-0.25, -0.2) is 0 Å². The molecule has 0 aliphatic rings. The first-order valence-electron chi connectivity index (χ1n) is 6.33. The second-order valence-electron chi connectivity index (χ2n) is 4.34. The lowest BCUT2D eigenvalue weighted by molar-refractivity contribution is 0.401. The van der Waals surface area contributed by atoms with Crippen molar-refractivity contribution in [3.63, 3.8) is 0 Å². The number of aryl methyl sites for hydroxylation is 1. The van der Waals surface area contributed by atoms with Gasteiger partial charge in [0.2, 0.25) is 0 Å². The van der Waals surface area contributed by atoms with Crippen LogP contribution in [0.25, 0.3) is 0 Å². The van der Waals surface area contributed by atoms with E-state index in [0.717, 1.165) is 32.5 Å². The predicted octanol–water partition coefficient (Wildman–Crippen LogP) is 3.75. The van der Waals surface area contributed by atoms with Crippen molar-refractivity contribution in [3.05, 3.63) is 44.6 Å². The van der Waals surface area contributed by atoms with Gasteiger partial charge in [-0.05, 0) is 37.7 Å². The predicted molar refractivity (Wildman–Crippen MR) is 87.2 cm³/mol. The number of methoxy groups -OCH3 is 1. The maximum absolute atomic E-state index is 5.45. The Morgan fingerprint density at radius 3 is 2.45 bits per heavy atom. The number of hydrogen-bond acceptors (Lipinski definition) is 3. The molecule has 1 unspecified atom stereocenters. The molecule has 0 bridgehead atoms. The van der Waals surface area contributed by atoms with Gasteiger partial charge >= 0.3 is 0 Å². The number of hydrogen-bond donors (Lipinski definition) is 1. The Hall–Kier alpha value is -0.850. The lowest BCUT2D eigenvalue weighted by Gasteiger charge is -2.20. The fourth-order valence-electron chi connectivity index (χ4n) is 2.28. The van der Waals surface area contributed by atoms with E-state index in [1.165, 1.54) is 0 Å². The van der Waals surface area contributed by atoms with Gasteiger partial charge in [0.15, 0.2) is 5.75 Å². The van der Waals surface area contributed by atoms with Crippen molar-refractivity contribution in [2.24, 2.45) is 0 Å². The van der Waals surface area contributed by atoms with Gasteiger partial charge in [0.05, 0.1) is 19.3 Å². The fourth-order valence-corrected chi connectivity index (χ4v) is 3.61. The second kappa shape index (κ2) is 6.74. The van der Waals surface area contributed by atoms with Crippen molar-refractivity contribution >= 4 is 31.9 Å². The molecule has 4 nitrogen and oxygen atoms in total. The number of benzene rings is 1. The zero-order valence-electron chi connectivity index (χ0n) is 11.7. The van der Waals surface area contributed by atoms with Crippen LogP contribution in [0.3, 0.4) is 0 Å². The summed E-state index contributed by atoms with van der Waals surface area (Å²) < 4.78 is 9.46. The molecule has 1 aromatic carbocycles. The Morgan fingerprint density at radius 2 is 1.95 bits per heavy atom. The topological polar surface area (TPSA) is 39.1 Å². The second-order valence-corrected chi connectivity index (χ2v) is 6.17. The quantitative estimate of drug-likeness (QED) is 0.827. The van der Waals surface area contributed by atoms with Crippen LogP contribution in [0.2, 0.25) is 0 Å². The molecule has 1 N–H and O–H groups in total. The average molecular weight is 403 g/mol. The molecule has 1 atom stereocenters. The van der Waals surface area contributed by atoms with Gasteiger partial charge in [-0.3, -0.25) is 4.68 Å². The molecular formula is C14H17Br2N3O. The van der Waals surface area contributed by atoms with Crippen molar-refractivity contribution in [2.45, 2.75) is 19.5 Å². The molecule has 1 heterocycles. The van der Waals surface area contributed by atoms with Gasteiger partial charge in [-0.2, -0.15) is 5.10 Å². The number of ether oxygens (including phenoxy) is 1. The summed E-state index contributed by atoms with van der Waals surface area (Å²) in [4.78, 5) is 0. The van der Waals surface area contributed by atoms with Crippen LogP contribution in [0.15, 0.2) is 33.3 Å². The number of aromatic nitrogens is 2. The van der Waals surface area contributed by atoms with Crippen LogP contribution in [-0.4, -0.2) is 23.9 Å². The third-order valence-corrected chi connectivity index (χ3v) is 4.06. The van der Waals surface area contributed by atoms with E-state index < -0.39 is 0 Å². The molecule has 0 fully saturated rings. The van der Waals surface area contributed by atoms with Crippen LogP contribution >= 0.6 is 31.9 Å². The zero-order valence-corrected chi connectivity index (χ0v) is 14.8. The molecule has 108 valence electrons. The van der Waals surface area contributed by atoms with Gasteiger partial charge < -0.3 is 10.1 Å². The van der Waals surface area contributed by atoms with E-state index in [1.54, 1.807) is 13.3 Å². The minimum absolute atomic E-state index is 0.0150. The van der Waals surface area contributed by atoms with Crippen LogP contribution in [0.1, 0.15) is 24.2 Å². The van der Waals surface area contributed by atoms with Gasteiger partial charge in [0.25, 0.3) is 0 Å². The number of halogens is 2. The molecular weight excluding hydrogens is 386 g/mol. The molecule has 1 aromatic heterocycles. The monoisotopic (exact) mass is 401 g/mol. The van der Waals surface area contributed by atoms with Crippen molar-refractivity contribution in [1.29, 1.82) is 0 Å². The Morgan fingerprint density at radius 1 is 1.30 bits per heavy atom. The number of nitrogens with one attached hydrogen (secondary N) is 1. The minimum Gasteiger partial charge on any atom is -0.493 e. The fraction of sp³-hybridized carbons (Fsp3) is 0.357. The molecule has 0 aliphatic heterocycles. The van der Waals surface area contributed by atoms with Gasteiger partial charge in [-0.15, -0.1) is 0 Å². The van der Waals surface area contributed by atoms with E-state index in [-0.39, 0.29) is 6.04 Å². The molecule has 0 amide bonds. The van der Waals surface area contributed by atoms with Crippen molar-refractivity contribution in [1.82, 2.24) is 15.1 Å². The first-order chi connectivity index (χ1) is 9.60. The molecule has 0 saturated carbocycles. The maximum Gasteiger partial charge on any atom is 0.161 e. The Bertz CT molecular complexity index is 556. The molecule has 0 spiro atoms. The standard InChI is InChI=1S/C14H17Br2N3O/c1-4-19-14(12(20-3)8-18-19)13(17-2)9-5-10(15)7-11(16)6-9/h5-8,13,17H,4H2,1-3H3. The van der Waals surface area contributed by atoms with Gasteiger partial charge in [0.1, 0.15) is 5.69 Å². The van der Waals surface area contributed by atoms with Crippen LogP contribution in [0.4, 0.5) is 0 Å². The Kier molecular flexibility index (Phi) is 5.23. The first-order valence-corrected chi connectivity index (χ1v) is 7.92. The van der Waals surface area contributed by atoms with E-state index in [1.807, 2.05) is 17.8 Å². The summed E-state index contributed by atoms with van der Waals surface area (Å²) in [5.74, 6) is 0.794. The van der Waals surface area contributed by atoms with Crippen LogP contribution in [0, 0.1) is 0 Å². The highest BCUT2D eigenvalue weighted by atomic mass is 79.9. The van der Waals surface area contributed by atoms with Crippen molar-refractivity contribution in [2.75, 3.05) is 14.2 Å². The average Bonchev–Trinajstić information content (AvgIpc) is 2.81. The Labute approximate surface area is 135 Å². The third kappa shape index (κ3) is 3.07.